The molecule has 0 bridgehead atoms. The number of nitrogens with zero attached hydrogens (tertiary/aromatic N) is 1. The van der Waals surface area contributed by atoms with Gasteiger partial charge in [-0.3, -0.25) is 4.79 Å². The van der Waals surface area contributed by atoms with Crippen LogP contribution in [-0.2, 0) is 0 Å². The van der Waals surface area contributed by atoms with Crippen LogP contribution >= 0.6 is 0 Å². The van der Waals surface area contributed by atoms with E-state index in [0.29, 0.717) is 11.5 Å². The van der Waals surface area contributed by atoms with Crippen LogP contribution < -0.4 is 5.73 Å². The van der Waals surface area contributed by atoms with Gasteiger partial charge in [0.2, 0.25) is 0 Å². The second-order valence-corrected chi connectivity index (χ2v) is 3.23. The summed E-state index contributed by atoms with van der Waals surface area (Å²) in [5, 5.41) is 3.80. The van der Waals surface area contributed by atoms with Crippen LogP contribution in [0, 0.1) is 13.8 Å². The molecule has 0 aromatic carbocycles. The van der Waals surface area contributed by atoms with Gasteiger partial charge in [0.1, 0.15) is 11.5 Å². The highest BCUT2D eigenvalue weighted by Crippen LogP contribution is 2.28. The van der Waals surface area contributed by atoms with Crippen LogP contribution in [0.4, 0.5) is 0 Å². The maximum atomic E-state index is 10.8. The third kappa shape index (κ3) is 1.52. The molecule has 0 unspecified atom stereocenters. The molecular weight excluding hydrogens is 196 g/mol. The average Bonchev–Trinajstić information content (AvgIpc) is 2.73. The van der Waals surface area contributed by atoms with Crippen molar-refractivity contribution in [3.05, 3.63) is 29.3 Å². The van der Waals surface area contributed by atoms with E-state index in [0.717, 1.165) is 11.3 Å². The molecule has 2 aromatic heterocycles. The maximum absolute atomic E-state index is 10.8. The highest BCUT2D eigenvalue weighted by atomic mass is 16.5. The fraction of sp³-hybridized carbons (Fsp3) is 0.200. The van der Waals surface area contributed by atoms with Crippen molar-refractivity contribution in [2.75, 3.05) is 0 Å². The van der Waals surface area contributed by atoms with E-state index in [1.54, 1.807) is 19.9 Å². The lowest BCUT2D eigenvalue weighted by molar-refractivity contribution is 0.0974. The number of furan rings is 1. The van der Waals surface area contributed by atoms with Gasteiger partial charge >= 0.3 is 0 Å². The summed E-state index contributed by atoms with van der Waals surface area (Å²) in [6.45, 7) is 3.58. The van der Waals surface area contributed by atoms with Crippen LogP contribution in [0.25, 0.3) is 11.3 Å². The van der Waals surface area contributed by atoms with Crippen LogP contribution in [0.2, 0.25) is 0 Å². The van der Waals surface area contributed by atoms with Gasteiger partial charge in [-0.05, 0) is 26.0 Å². The quantitative estimate of drug-likeness (QED) is 0.809. The first-order valence-electron chi connectivity index (χ1n) is 4.42. The molecule has 5 nitrogen and oxygen atoms in total. The van der Waals surface area contributed by atoms with E-state index in [2.05, 4.69) is 5.16 Å². The number of nitrogens with two attached hydrogens (primary N) is 1. The largest absolute Gasteiger partial charge is 0.451 e. The zero-order chi connectivity index (χ0) is 11.0. The zero-order valence-electron chi connectivity index (χ0n) is 8.40. The van der Waals surface area contributed by atoms with Crippen LogP contribution in [-0.4, -0.2) is 11.1 Å². The molecule has 0 aliphatic rings. The smallest absolute Gasteiger partial charge is 0.284 e. The van der Waals surface area contributed by atoms with E-state index in [4.69, 9.17) is 14.7 Å². The Morgan fingerprint density at radius 1 is 1.40 bits per heavy atom. The van der Waals surface area contributed by atoms with E-state index >= 15 is 0 Å². The topological polar surface area (TPSA) is 82.3 Å². The molecule has 0 aliphatic carbocycles. The average molecular weight is 206 g/mol. The molecule has 0 radical (unpaired) electrons. The third-order valence-corrected chi connectivity index (χ3v) is 2.13. The molecule has 1 amide bonds. The van der Waals surface area contributed by atoms with Gasteiger partial charge in [0.25, 0.3) is 5.91 Å². The Balaban J connectivity index is 2.50. The van der Waals surface area contributed by atoms with Crippen molar-refractivity contribution in [1.82, 2.24) is 5.16 Å². The summed E-state index contributed by atoms with van der Waals surface area (Å²) in [6, 6.07) is 3.20. The fourth-order valence-corrected chi connectivity index (χ4v) is 1.44. The number of amides is 1. The van der Waals surface area contributed by atoms with Gasteiger partial charge in [-0.1, -0.05) is 5.16 Å². The molecule has 2 N–H and O–H groups in total. The van der Waals surface area contributed by atoms with Crippen molar-refractivity contribution in [3.63, 3.8) is 0 Å². The predicted octanol–water partition coefficient (Wildman–Crippen LogP) is 1.65. The molecule has 0 fully saturated rings. The summed E-state index contributed by atoms with van der Waals surface area (Å²) in [5.74, 6) is 0.732. The molecule has 0 aliphatic heterocycles. The first-order chi connectivity index (χ1) is 7.09. The molecule has 0 saturated heterocycles. The van der Waals surface area contributed by atoms with Crippen LogP contribution in [0.1, 0.15) is 22.0 Å². The summed E-state index contributed by atoms with van der Waals surface area (Å²) in [6.07, 6.45) is 0. The van der Waals surface area contributed by atoms with Gasteiger partial charge < -0.3 is 14.7 Å². The lowest BCUT2D eigenvalue weighted by atomic mass is 10.1. The molecule has 15 heavy (non-hydrogen) atoms. The van der Waals surface area contributed by atoms with Gasteiger partial charge in [0.05, 0.1) is 11.3 Å². The van der Waals surface area contributed by atoms with Crippen molar-refractivity contribution in [3.8, 4) is 11.3 Å². The van der Waals surface area contributed by atoms with Crippen molar-refractivity contribution in [1.29, 1.82) is 0 Å². The second kappa shape index (κ2) is 3.27. The highest BCUT2D eigenvalue weighted by molar-refractivity contribution is 5.90. The minimum Gasteiger partial charge on any atom is -0.451 e. The van der Waals surface area contributed by atoms with Crippen molar-refractivity contribution < 1.29 is 13.7 Å². The molecule has 2 aromatic rings. The molecule has 0 saturated carbocycles. The normalized spacial score (nSPS) is 10.5. The van der Waals surface area contributed by atoms with E-state index in [1.165, 1.54) is 6.07 Å². The maximum Gasteiger partial charge on any atom is 0.284 e. The first-order valence-corrected chi connectivity index (χ1v) is 4.42. The number of hydrogen-bond acceptors (Lipinski definition) is 4. The van der Waals surface area contributed by atoms with Gasteiger partial charge in [-0.25, -0.2) is 0 Å². The van der Waals surface area contributed by atoms with Crippen LogP contribution in [0.3, 0.4) is 0 Å². The summed E-state index contributed by atoms with van der Waals surface area (Å²) in [7, 11) is 0. The number of primary amides is 1. The van der Waals surface area contributed by atoms with Gasteiger partial charge in [-0.2, -0.15) is 0 Å². The minimum absolute atomic E-state index is 0.130. The molecule has 2 heterocycles. The number of carbonyl (C=O) groups is 1. The Hall–Kier alpha value is -2.04. The second-order valence-electron chi connectivity index (χ2n) is 3.23. The van der Waals surface area contributed by atoms with Gasteiger partial charge in [0, 0.05) is 0 Å². The van der Waals surface area contributed by atoms with Crippen LogP contribution in [0.15, 0.2) is 21.1 Å². The molecular formula is C10H10N2O3. The number of hydrogen-bond donors (Lipinski definition) is 1. The lowest BCUT2D eigenvalue weighted by Crippen LogP contribution is -2.09. The molecule has 5 heteroatoms. The Bertz CT molecular complexity index is 491. The third-order valence-electron chi connectivity index (χ3n) is 2.13. The number of carbonyl (C=O) groups excluding carboxylic acids is 1. The Morgan fingerprint density at radius 2 is 2.13 bits per heavy atom. The molecule has 0 atom stereocenters. The molecule has 0 spiro atoms. The zero-order valence-corrected chi connectivity index (χ0v) is 8.40. The van der Waals surface area contributed by atoms with Crippen molar-refractivity contribution >= 4 is 5.91 Å². The van der Waals surface area contributed by atoms with Crippen LogP contribution in [0.5, 0.6) is 0 Å². The van der Waals surface area contributed by atoms with Crippen molar-refractivity contribution in [2.24, 2.45) is 5.73 Å². The molecule has 2 rings (SSSR count). The summed E-state index contributed by atoms with van der Waals surface area (Å²) in [5.41, 5.74) is 6.57. The van der Waals surface area contributed by atoms with E-state index in [9.17, 15) is 4.79 Å². The van der Waals surface area contributed by atoms with Crippen molar-refractivity contribution in [2.45, 2.75) is 13.8 Å². The van der Waals surface area contributed by atoms with Gasteiger partial charge in [-0.15, -0.1) is 0 Å². The monoisotopic (exact) mass is 206 g/mol. The molecule has 78 valence electrons. The van der Waals surface area contributed by atoms with E-state index < -0.39 is 5.91 Å². The Kier molecular flexibility index (Phi) is 2.07. The Morgan fingerprint density at radius 3 is 2.60 bits per heavy atom. The van der Waals surface area contributed by atoms with Gasteiger partial charge in [0.15, 0.2) is 5.76 Å². The Labute approximate surface area is 85.8 Å². The fourth-order valence-electron chi connectivity index (χ4n) is 1.44. The minimum atomic E-state index is -0.590. The van der Waals surface area contributed by atoms with E-state index in [-0.39, 0.29) is 5.76 Å². The number of aromatic nitrogens is 1. The summed E-state index contributed by atoms with van der Waals surface area (Å²) < 4.78 is 10.3. The summed E-state index contributed by atoms with van der Waals surface area (Å²) in [4.78, 5) is 10.8. The first kappa shape index (κ1) is 9.51. The highest BCUT2D eigenvalue weighted by Gasteiger charge is 2.16. The number of rotatable bonds is 2. The standard InChI is InChI=1S/C10H10N2O3/c1-5-9(6(2)15-12-5)7-3-4-8(14-7)10(11)13/h3-4H,1-2H3,(H2,11,13). The van der Waals surface area contributed by atoms with E-state index in [1.807, 2.05) is 0 Å². The predicted molar refractivity (Wildman–Crippen MR) is 52.2 cm³/mol. The number of aryl methyl sites for hydroxylation is 2. The SMILES string of the molecule is Cc1noc(C)c1-c1ccc(C(N)=O)o1. The lowest BCUT2D eigenvalue weighted by Gasteiger charge is -1.93. The summed E-state index contributed by atoms with van der Waals surface area (Å²) >= 11 is 0.